The molecule has 1 aliphatic heterocycles. The molecule has 3 heteroatoms. The Labute approximate surface area is 150 Å². The van der Waals surface area contributed by atoms with Gasteiger partial charge in [-0.25, -0.2) is 0 Å². The van der Waals surface area contributed by atoms with Gasteiger partial charge < -0.3 is 10.3 Å². The molecule has 0 saturated carbocycles. The molecule has 2 atom stereocenters. The summed E-state index contributed by atoms with van der Waals surface area (Å²) >= 11 is 0. The van der Waals surface area contributed by atoms with Crippen molar-refractivity contribution in [1.29, 1.82) is 0 Å². The van der Waals surface area contributed by atoms with Crippen molar-refractivity contribution < 1.29 is 0 Å². The average molecular weight is 333 g/mol. The Hall–Kier alpha value is -2.10. The van der Waals surface area contributed by atoms with Gasteiger partial charge in [-0.3, -0.25) is 4.90 Å². The smallest absolute Gasteiger partial charge is 0.0483 e. The summed E-state index contributed by atoms with van der Waals surface area (Å²) in [6.45, 7) is 4.21. The molecule has 1 aliphatic rings. The van der Waals surface area contributed by atoms with Gasteiger partial charge in [0.05, 0.1) is 0 Å². The van der Waals surface area contributed by atoms with Crippen LogP contribution in [0.15, 0.2) is 54.6 Å². The van der Waals surface area contributed by atoms with Crippen LogP contribution in [0.3, 0.4) is 0 Å². The fourth-order valence-electron chi connectivity index (χ4n) is 4.16. The minimum absolute atomic E-state index is 0.302. The van der Waals surface area contributed by atoms with Crippen LogP contribution in [0, 0.1) is 6.92 Å². The maximum Gasteiger partial charge on any atom is 0.0483 e. The van der Waals surface area contributed by atoms with Crippen molar-refractivity contribution in [2.24, 2.45) is 12.8 Å². The van der Waals surface area contributed by atoms with Gasteiger partial charge in [-0.2, -0.15) is 0 Å². The van der Waals surface area contributed by atoms with Crippen LogP contribution in [0.2, 0.25) is 0 Å². The Morgan fingerprint density at radius 2 is 1.88 bits per heavy atom. The van der Waals surface area contributed by atoms with Crippen LogP contribution in [0.25, 0.3) is 10.9 Å². The molecule has 3 nitrogen and oxygen atoms in total. The molecule has 0 aliphatic carbocycles. The van der Waals surface area contributed by atoms with Gasteiger partial charge in [0.2, 0.25) is 0 Å². The molecule has 4 rings (SSSR count). The molecule has 2 heterocycles. The molecule has 0 bridgehead atoms. The van der Waals surface area contributed by atoms with Crippen molar-refractivity contribution in [2.45, 2.75) is 38.4 Å². The molecule has 2 N–H and O–H groups in total. The van der Waals surface area contributed by atoms with Crippen molar-refractivity contribution in [3.8, 4) is 0 Å². The Morgan fingerprint density at radius 1 is 1.08 bits per heavy atom. The number of aryl methyl sites for hydroxylation is 2. The van der Waals surface area contributed by atoms with Crippen LogP contribution >= 0.6 is 0 Å². The first-order valence-electron chi connectivity index (χ1n) is 9.22. The number of hydrogen-bond donors (Lipinski definition) is 1. The highest BCUT2D eigenvalue weighted by atomic mass is 15.2. The second-order valence-electron chi connectivity index (χ2n) is 7.38. The molecular weight excluding hydrogens is 306 g/mol. The molecule has 1 aromatic heterocycles. The summed E-state index contributed by atoms with van der Waals surface area (Å²) in [6.07, 6.45) is 2.11. The third-order valence-electron chi connectivity index (χ3n) is 5.73. The predicted molar refractivity (Wildman–Crippen MR) is 104 cm³/mol. The van der Waals surface area contributed by atoms with E-state index < -0.39 is 0 Å². The summed E-state index contributed by atoms with van der Waals surface area (Å²) in [5.74, 6) is 0. The fourth-order valence-corrected chi connectivity index (χ4v) is 4.16. The highest BCUT2D eigenvalue weighted by Crippen LogP contribution is 2.33. The maximum absolute atomic E-state index is 6.30. The van der Waals surface area contributed by atoms with E-state index in [2.05, 4.69) is 78.0 Å². The Bertz CT molecular complexity index is 866. The van der Waals surface area contributed by atoms with Crippen molar-refractivity contribution in [2.75, 3.05) is 6.54 Å². The number of rotatable bonds is 3. The van der Waals surface area contributed by atoms with Crippen molar-refractivity contribution >= 4 is 10.9 Å². The van der Waals surface area contributed by atoms with Crippen LogP contribution < -0.4 is 5.73 Å². The van der Waals surface area contributed by atoms with Crippen LogP contribution in [0.1, 0.15) is 35.7 Å². The first-order valence-corrected chi connectivity index (χ1v) is 9.22. The summed E-state index contributed by atoms with van der Waals surface area (Å²) in [6, 6.07) is 20.5. The summed E-state index contributed by atoms with van der Waals surface area (Å²) in [5.41, 5.74) is 11.7. The monoisotopic (exact) mass is 333 g/mol. The third-order valence-corrected chi connectivity index (χ3v) is 5.73. The topological polar surface area (TPSA) is 34.2 Å². The quantitative estimate of drug-likeness (QED) is 0.781. The molecule has 1 fully saturated rings. The standard InChI is InChI=1S/C22H27N3/c1-16-13-20-18(9-6-10-21(20)24(16)2)15-25-12-11-19(23)14-22(25)17-7-4-3-5-8-17/h3-10,13,19,22H,11-12,14-15,23H2,1-2H3. The van der Waals surface area contributed by atoms with E-state index in [1.54, 1.807) is 0 Å². The van der Waals surface area contributed by atoms with E-state index in [0.29, 0.717) is 12.1 Å². The highest BCUT2D eigenvalue weighted by Gasteiger charge is 2.28. The second kappa shape index (κ2) is 6.66. The minimum atomic E-state index is 0.302. The summed E-state index contributed by atoms with van der Waals surface area (Å²) in [7, 11) is 2.15. The van der Waals surface area contributed by atoms with Crippen LogP contribution in [-0.2, 0) is 13.6 Å². The van der Waals surface area contributed by atoms with Crippen LogP contribution in [0.5, 0.6) is 0 Å². The highest BCUT2D eigenvalue weighted by molar-refractivity contribution is 5.84. The molecular formula is C22H27N3. The lowest BCUT2D eigenvalue weighted by Gasteiger charge is -2.39. The van der Waals surface area contributed by atoms with E-state index in [9.17, 15) is 0 Å². The predicted octanol–water partition coefficient (Wildman–Crippen LogP) is 4.15. The average Bonchev–Trinajstić information content (AvgIpc) is 2.93. The molecule has 0 amide bonds. The van der Waals surface area contributed by atoms with Crippen LogP contribution in [0.4, 0.5) is 0 Å². The lowest BCUT2D eigenvalue weighted by molar-refractivity contribution is 0.128. The van der Waals surface area contributed by atoms with E-state index in [1.165, 1.54) is 27.7 Å². The van der Waals surface area contributed by atoms with Gasteiger partial charge >= 0.3 is 0 Å². The molecule has 2 aromatic carbocycles. The first kappa shape index (κ1) is 16.4. The second-order valence-corrected chi connectivity index (χ2v) is 7.38. The van der Waals surface area contributed by atoms with E-state index in [1.807, 2.05) is 0 Å². The number of aromatic nitrogens is 1. The summed E-state index contributed by atoms with van der Waals surface area (Å²) in [5, 5.41) is 1.38. The van der Waals surface area contributed by atoms with Gasteiger partial charge in [0.25, 0.3) is 0 Å². The van der Waals surface area contributed by atoms with Gasteiger partial charge in [-0.15, -0.1) is 0 Å². The Kier molecular flexibility index (Phi) is 4.36. The Balaban J connectivity index is 1.68. The summed E-state index contributed by atoms with van der Waals surface area (Å²) < 4.78 is 2.28. The van der Waals surface area contributed by atoms with Crippen molar-refractivity contribution in [3.63, 3.8) is 0 Å². The van der Waals surface area contributed by atoms with Gasteiger partial charge in [0, 0.05) is 48.8 Å². The number of likely N-dealkylation sites (tertiary alicyclic amines) is 1. The van der Waals surface area contributed by atoms with Gasteiger partial charge in [-0.1, -0.05) is 42.5 Å². The van der Waals surface area contributed by atoms with Gasteiger partial charge in [-0.05, 0) is 43.0 Å². The molecule has 25 heavy (non-hydrogen) atoms. The number of nitrogens with zero attached hydrogens (tertiary/aromatic N) is 2. The lowest BCUT2D eigenvalue weighted by Crippen LogP contribution is -2.41. The molecule has 2 unspecified atom stereocenters. The number of nitrogens with two attached hydrogens (primary N) is 1. The van der Waals surface area contributed by atoms with Gasteiger partial charge in [0.15, 0.2) is 0 Å². The largest absolute Gasteiger partial charge is 0.348 e. The number of piperidine rings is 1. The third kappa shape index (κ3) is 3.10. The zero-order valence-corrected chi connectivity index (χ0v) is 15.2. The van der Waals surface area contributed by atoms with E-state index >= 15 is 0 Å². The maximum atomic E-state index is 6.30. The minimum Gasteiger partial charge on any atom is -0.348 e. The molecule has 0 spiro atoms. The molecule has 0 radical (unpaired) electrons. The normalized spacial score (nSPS) is 21.7. The molecule has 130 valence electrons. The lowest BCUT2D eigenvalue weighted by atomic mass is 9.91. The zero-order chi connectivity index (χ0) is 17.4. The van der Waals surface area contributed by atoms with E-state index in [0.717, 1.165) is 25.9 Å². The fraction of sp³-hybridized carbons (Fsp3) is 0.364. The van der Waals surface area contributed by atoms with Crippen molar-refractivity contribution in [1.82, 2.24) is 9.47 Å². The molecule has 3 aromatic rings. The summed E-state index contributed by atoms with van der Waals surface area (Å²) in [4.78, 5) is 2.61. The van der Waals surface area contributed by atoms with Gasteiger partial charge in [0.1, 0.15) is 0 Å². The Morgan fingerprint density at radius 3 is 2.68 bits per heavy atom. The molecule has 1 saturated heterocycles. The van der Waals surface area contributed by atoms with E-state index in [-0.39, 0.29) is 0 Å². The number of hydrogen-bond acceptors (Lipinski definition) is 2. The van der Waals surface area contributed by atoms with E-state index in [4.69, 9.17) is 5.73 Å². The zero-order valence-electron chi connectivity index (χ0n) is 15.2. The number of benzene rings is 2. The SMILES string of the molecule is Cc1cc2c(CN3CCC(N)CC3c3ccccc3)cccc2n1C. The first-order chi connectivity index (χ1) is 12.1. The number of fused-ring (bicyclic) bond motifs is 1. The van der Waals surface area contributed by atoms with Crippen molar-refractivity contribution in [3.05, 3.63) is 71.4 Å². The van der Waals surface area contributed by atoms with Crippen LogP contribution in [-0.4, -0.2) is 22.1 Å².